The first-order valence-corrected chi connectivity index (χ1v) is 5.56. The van der Waals surface area contributed by atoms with Gasteiger partial charge in [-0.1, -0.05) is 17.7 Å². The highest BCUT2D eigenvalue weighted by atomic mass is 35.5. The Kier molecular flexibility index (Phi) is 3.67. The Morgan fingerprint density at radius 3 is 2.56 bits per heavy atom. The Morgan fingerprint density at radius 1 is 1.11 bits per heavy atom. The van der Waals surface area contributed by atoms with Crippen molar-refractivity contribution < 1.29 is 13.5 Å². The lowest BCUT2D eigenvalue weighted by atomic mass is 10.2. The number of anilines is 1. The van der Waals surface area contributed by atoms with Crippen LogP contribution in [0.4, 0.5) is 14.5 Å². The second kappa shape index (κ2) is 5.23. The second-order valence-electron chi connectivity index (χ2n) is 3.72. The molecule has 0 aliphatic heterocycles. The van der Waals surface area contributed by atoms with E-state index in [2.05, 4.69) is 0 Å². The van der Waals surface area contributed by atoms with Crippen molar-refractivity contribution in [3.63, 3.8) is 0 Å². The molecule has 2 aromatic rings. The van der Waals surface area contributed by atoms with Gasteiger partial charge in [-0.05, 0) is 35.9 Å². The predicted molar refractivity (Wildman–Crippen MR) is 66.6 cm³/mol. The fourth-order valence-electron chi connectivity index (χ4n) is 1.41. The van der Waals surface area contributed by atoms with E-state index in [-0.39, 0.29) is 17.3 Å². The molecule has 0 unspecified atom stereocenters. The van der Waals surface area contributed by atoms with E-state index in [1.54, 1.807) is 6.07 Å². The number of ether oxygens (including phenoxy) is 1. The van der Waals surface area contributed by atoms with Gasteiger partial charge < -0.3 is 10.5 Å². The average molecular weight is 270 g/mol. The topological polar surface area (TPSA) is 35.2 Å². The monoisotopic (exact) mass is 269 g/mol. The van der Waals surface area contributed by atoms with Gasteiger partial charge in [0.05, 0.1) is 10.7 Å². The molecule has 0 amide bonds. The molecule has 0 atom stereocenters. The Bertz CT molecular complexity index is 575. The van der Waals surface area contributed by atoms with Gasteiger partial charge in [-0.15, -0.1) is 0 Å². The normalized spacial score (nSPS) is 10.4. The minimum atomic E-state index is -0.499. The third-order valence-corrected chi connectivity index (χ3v) is 2.65. The molecular formula is C13H10ClF2NO. The van der Waals surface area contributed by atoms with Crippen molar-refractivity contribution in [1.82, 2.24) is 0 Å². The van der Waals surface area contributed by atoms with E-state index in [9.17, 15) is 8.78 Å². The van der Waals surface area contributed by atoms with E-state index in [1.165, 1.54) is 24.3 Å². The highest BCUT2D eigenvalue weighted by Crippen LogP contribution is 2.26. The molecule has 0 aromatic heterocycles. The summed E-state index contributed by atoms with van der Waals surface area (Å²) in [6.07, 6.45) is 0. The van der Waals surface area contributed by atoms with Gasteiger partial charge in [-0.2, -0.15) is 0 Å². The van der Waals surface area contributed by atoms with E-state index in [1.807, 2.05) is 0 Å². The second-order valence-corrected chi connectivity index (χ2v) is 4.13. The number of halogens is 3. The zero-order chi connectivity index (χ0) is 13.1. The van der Waals surface area contributed by atoms with Crippen molar-refractivity contribution in [2.75, 3.05) is 5.73 Å². The summed E-state index contributed by atoms with van der Waals surface area (Å²) in [6, 6.07) is 8.21. The van der Waals surface area contributed by atoms with Gasteiger partial charge in [-0.25, -0.2) is 8.78 Å². The first-order valence-electron chi connectivity index (χ1n) is 5.18. The molecule has 0 fully saturated rings. The summed E-state index contributed by atoms with van der Waals surface area (Å²) in [5.41, 5.74) is 6.05. The SMILES string of the molecule is Nc1ccc(COc2ccc(F)cc2Cl)cc1F. The van der Waals surface area contributed by atoms with Crippen LogP contribution in [0.1, 0.15) is 5.56 Å². The van der Waals surface area contributed by atoms with Crippen molar-refractivity contribution in [2.45, 2.75) is 6.61 Å². The molecule has 18 heavy (non-hydrogen) atoms. The molecule has 0 saturated heterocycles. The third-order valence-electron chi connectivity index (χ3n) is 2.35. The Morgan fingerprint density at radius 2 is 1.89 bits per heavy atom. The van der Waals surface area contributed by atoms with E-state index in [4.69, 9.17) is 22.1 Å². The molecule has 0 radical (unpaired) electrons. The lowest BCUT2D eigenvalue weighted by molar-refractivity contribution is 0.305. The van der Waals surface area contributed by atoms with Crippen molar-refractivity contribution in [2.24, 2.45) is 0 Å². The van der Waals surface area contributed by atoms with E-state index < -0.39 is 11.6 Å². The number of nitrogens with two attached hydrogens (primary N) is 1. The number of hydrogen-bond donors (Lipinski definition) is 1. The van der Waals surface area contributed by atoms with Gasteiger partial charge in [0.25, 0.3) is 0 Å². The van der Waals surface area contributed by atoms with Crippen LogP contribution in [0.15, 0.2) is 36.4 Å². The molecule has 5 heteroatoms. The zero-order valence-corrected chi connectivity index (χ0v) is 10.0. The molecule has 0 aliphatic carbocycles. The molecule has 0 aliphatic rings. The van der Waals surface area contributed by atoms with Gasteiger partial charge in [-0.3, -0.25) is 0 Å². The van der Waals surface area contributed by atoms with Crippen molar-refractivity contribution in [3.8, 4) is 5.75 Å². The maximum Gasteiger partial charge on any atom is 0.146 e. The minimum absolute atomic E-state index is 0.0820. The Labute approximate surface area is 108 Å². The Hall–Kier alpha value is -1.81. The zero-order valence-electron chi connectivity index (χ0n) is 9.29. The van der Waals surface area contributed by atoms with Gasteiger partial charge in [0.1, 0.15) is 24.0 Å². The van der Waals surface area contributed by atoms with Crippen LogP contribution < -0.4 is 10.5 Å². The maximum absolute atomic E-state index is 13.2. The van der Waals surface area contributed by atoms with Crippen molar-refractivity contribution in [3.05, 3.63) is 58.6 Å². The average Bonchev–Trinajstić information content (AvgIpc) is 2.32. The molecule has 0 spiro atoms. The summed E-state index contributed by atoms with van der Waals surface area (Å²) in [5, 5.41) is 0.172. The third kappa shape index (κ3) is 2.90. The van der Waals surface area contributed by atoms with E-state index in [0.29, 0.717) is 11.3 Å². The fraction of sp³-hybridized carbons (Fsp3) is 0.0769. The maximum atomic E-state index is 13.2. The van der Waals surface area contributed by atoms with Crippen LogP contribution >= 0.6 is 11.6 Å². The number of nitrogen functional groups attached to an aromatic ring is 1. The van der Waals surface area contributed by atoms with Crippen LogP contribution in [-0.2, 0) is 6.61 Å². The summed E-state index contributed by atoms with van der Waals surface area (Å²) < 4.78 is 31.4. The molecular weight excluding hydrogens is 260 g/mol. The summed E-state index contributed by atoms with van der Waals surface area (Å²) in [7, 11) is 0. The van der Waals surface area contributed by atoms with Crippen LogP contribution in [0, 0.1) is 11.6 Å². The van der Waals surface area contributed by atoms with Gasteiger partial charge >= 0.3 is 0 Å². The standard InChI is InChI=1S/C13H10ClF2NO/c14-10-6-9(15)2-4-13(10)18-7-8-1-3-12(17)11(16)5-8/h1-6H,7,17H2. The minimum Gasteiger partial charge on any atom is -0.487 e. The van der Waals surface area contributed by atoms with Crippen molar-refractivity contribution >= 4 is 17.3 Å². The molecule has 94 valence electrons. The molecule has 2 rings (SSSR count). The highest BCUT2D eigenvalue weighted by molar-refractivity contribution is 6.32. The summed E-state index contributed by atoms with van der Waals surface area (Å²) in [4.78, 5) is 0. The first kappa shape index (κ1) is 12.6. The molecule has 2 N–H and O–H groups in total. The van der Waals surface area contributed by atoms with Crippen LogP contribution in [0.3, 0.4) is 0 Å². The largest absolute Gasteiger partial charge is 0.487 e. The molecule has 2 nitrogen and oxygen atoms in total. The highest BCUT2D eigenvalue weighted by Gasteiger charge is 2.05. The quantitative estimate of drug-likeness (QED) is 0.861. The lowest BCUT2D eigenvalue weighted by Crippen LogP contribution is -1.98. The van der Waals surface area contributed by atoms with Gasteiger partial charge in [0, 0.05) is 0 Å². The molecule has 2 aromatic carbocycles. The smallest absolute Gasteiger partial charge is 0.146 e. The van der Waals surface area contributed by atoms with Gasteiger partial charge in [0.15, 0.2) is 0 Å². The summed E-state index contributed by atoms with van der Waals surface area (Å²) in [5.74, 6) is -0.595. The fourth-order valence-corrected chi connectivity index (χ4v) is 1.64. The van der Waals surface area contributed by atoms with E-state index in [0.717, 1.165) is 6.07 Å². The van der Waals surface area contributed by atoms with Crippen LogP contribution in [0.2, 0.25) is 5.02 Å². The predicted octanol–water partition coefficient (Wildman–Crippen LogP) is 3.78. The summed E-state index contributed by atoms with van der Waals surface area (Å²) >= 11 is 5.79. The van der Waals surface area contributed by atoms with Crippen LogP contribution in [0.5, 0.6) is 5.75 Å². The molecule has 0 heterocycles. The molecule has 0 saturated carbocycles. The first-order chi connectivity index (χ1) is 8.56. The number of benzene rings is 2. The Balaban J connectivity index is 2.09. The number of rotatable bonds is 3. The van der Waals surface area contributed by atoms with Gasteiger partial charge in [0.2, 0.25) is 0 Å². The molecule has 0 bridgehead atoms. The van der Waals surface area contributed by atoms with Crippen molar-refractivity contribution in [1.29, 1.82) is 0 Å². The number of hydrogen-bond acceptors (Lipinski definition) is 2. The van der Waals surface area contributed by atoms with Crippen LogP contribution in [-0.4, -0.2) is 0 Å². The van der Waals surface area contributed by atoms with Crippen LogP contribution in [0.25, 0.3) is 0 Å². The van der Waals surface area contributed by atoms with E-state index >= 15 is 0 Å². The lowest BCUT2D eigenvalue weighted by Gasteiger charge is -2.08. The summed E-state index contributed by atoms with van der Waals surface area (Å²) in [6.45, 7) is 0.128.